The summed E-state index contributed by atoms with van der Waals surface area (Å²) in [5, 5.41) is 26.2. The lowest BCUT2D eigenvalue weighted by Crippen LogP contribution is -2.45. The monoisotopic (exact) mass is 526 g/mol. The first-order valence-electron chi connectivity index (χ1n) is 11.8. The summed E-state index contributed by atoms with van der Waals surface area (Å²) in [5.41, 5.74) is -2.06. The molecule has 12 heteroatoms. The van der Waals surface area contributed by atoms with Gasteiger partial charge in [-0.15, -0.1) is 11.3 Å². The predicted molar refractivity (Wildman–Crippen MR) is 126 cm³/mol. The normalized spacial score (nSPS) is 25.0. The number of hydrogen-bond donors (Lipinski definition) is 4. The molecule has 2 aromatic rings. The summed E-state index contributed by atoms with van der Waals surface area (Å²) in [6.45, 7) is 1.04. The zero-order valence-corrected chi connectivity index (χ0v) is 20.4. The molecular weight excluding hydrogens is 497 g/mol. The van der Waals surface area contributed by atoms with Crippen molar-refractivity contribution in [3.8, 4) is 0 Å². The maximum atomic E-state index is 12.8. The first-order chi connectivity index (χ1) is 17.1. The van der Waals surface area contributed by atoms with Gasteiger partial charge in [-0.3, -0.25) is 14.5 Å². The van der Waals surface area contributed by atoms with Gasteiger partial charge in [0, 0.05) is 36.9 Å². The molecular formula is C24H29F3N4O4S. The van der Waals surface area contributed by atoms with Crippen LogP contribution in [0.1, 0.15) is 57.9 Å². The number of nitrogens with one attached hydrogen (secondary N) is 2. The van der Waals surface area contributed by atoms with E-state index in [2.05, 4.69) is 20.5 Å². The Kier molecular flexibility index (Phi) is 7.98. The van der Waals surface area contributed by atoms with E-state index in [1.807, 2.05) is 0 Å². The number of nitrogens with zero attached hydrogens (tertiary/aromatic N) is 2. The highest BCUT2D eigenvalue weighted by atomic mass is 32.1. The lowest BCUT2D eigenvalue weighted by Gasteiger charge is -2.38. The molecule has 2 fully saturated rings. The molecule has 1 aliphatic carbocycles. The van der Waals surface area contributed by atoms with Gasteiger partial charge in [0.15, 0.2) is 0 Å². The second-order valence-electron chi connectivity index (χ2n) is 9.36. The highest BCUT2D eigenvalue weighted by Gasteiger charge is 2.40. The highest BCUT2D eigenvalue weighted by Crippen LogP contribution is 2.40. The molecule has 0 radical (unpaired) electrons. The summed E-state index contributed by atoms with van der Waals surface area (Å²) in [6.07, 6.45) is 0.524. The smallest absolute Gasteiger partial charge is 0.391 e. The van der Waals surface area contributed by atoms with E-state index in [0.29, 0.717) is 24.4 Å². The fraction of sp³-hybridized carbons (Fsp3) is 0.542. The van der Waals surface area contributed by atoms with Gasteiger partial charge in [0.2, 0.25) is 5.91 Å². The maximum absolute atomic E-state index is 12.8. The Bertz CT molecular complexity index is 1090. The molecule has 36 heavy (non-hydrogen) atoms. The van der Waals surface area contributed by atoms with Crippen LogP contribution in [-0.4, -0.2) is 63.6 Å². The largest absolute Gasteiger partial charge is 0.416 e. The molecule has 1 aliphatic heterocycles. The number of amides is 2. The van der Waals surface area contributed by atoms with Gasteiger partial charge in [-0.05, 0) is 50.3 Å². The third kappa shape index (κ3) is 6.23. The van der Waals surface area contributed by atoms with Gasteiger partial charge in [0.1, 0.15) is 10.6 Å². The van der Waals surface area contributed by atoms with E-state index in [-0.39, 0.29) is 30.8 Å². The van der Waals surface area contributed by atoms with E-state index in [1.54, 1.807) is 6.20 Å². The molecule has 1 atom stereocenters. The number of aromatic nitrogens is 1. The summed E-state index contributed by atoms with van der Waals surface area (Å²) < 4.78 is 38.5. The minimum Gasteiger partial charge on any atom is -0.391 e. The minimum absolute atomic E-state index is 0.0881. The number of alkyl halides is 3. The lowest BCUT2D eigenvalue weighted by atomic mass is 9.82. The summed E-state index contributed by atoms with van der Waals surface area (Å²) in [7, 11) is 0. The molecule has 4 N–H and O–H groups in total. The number of rotatable bonds is 7. The molecule has 196 valence electrons. The van der Waals surface area contributed by atoms with Crippen molar-refractivity contribution in [1.82, 2.24) is 20.5 Å². The van der Waals surface area contributed by atoms with E-state index < -0.39 is 29.2 Å². The molecule has 1 saturated heterocycles. The standard InChI is InChI=1S/C24H29F3N4O4S/c25-24(26,27)16-3-1-2-15(10-16)21(34)28-12-20(33)30-17-6-9-31(13-17)18-4-7-23(35,8-5-18)22-29-11-19(14-32)36-22/h1-3,10-11,17-18,32,35H,4-9,12-14H2,(H,28,34)(H,30,33)/t17-,18?,23?/m1/s1. The van der Waals surface area contributed by atoms with Crippen LogP contribution in [0.5, 0.6) is 0 Å². The van der Waals surface area contributed by atoms with Gasteiger partial charge >= 0.3 is 6.18 Å². The van der Waals surface area contributed by atoms with E-state index in [0.717, 1.165) is 48.9 Å². The first-order valence-corrected chi connectivity index (χ1v) is 12.7. The molecule has 1 aromatic heterocycles. The Morgan fingerprint density at radius 3 is 2.64 bits per heavy atom. The van der Waals surface area contributed by atoms with Crippen molar-refractivity contribution in [3.63, 3.8) is 0 Å². The van der Waals surface area contributed by atoms with Gasteiger partial charge in [-0.2, -0.15) is 13.2 Å². The van der Waals surface area contributed by atoms with Crippen molar-refractivity contribution < 1.29 is 33.0 Å². The summed E-state index contributed by atoms with van der Waals surface area (Å²) in [6, 6.07) is 4.25. The number of carbonyl (C=O) groups is 2. The molecule has 0 unspecified atom stereocenters. The molecule has 8 nitrogen and oxygen atoms in total. The molecule has 2 aliphatic rings. The first kappa shape index (κ1) is 26.5. The van der Waals surface area contributed by atoms with Crippen LogP contribution in [0.4, 0.5) is 13.2 Å². The average molecular weight is 527 g/mol. The fourth-order valence-corrected chi connectivity index (χ4v) is 5.79. The summed E-state index contributed by atoms with van der Waals surface area (Å²) >= 11 is 1.33. The predicted octanol–water partition coefficient (Wildman–Crippen LogP) is 2.40. The van der Waals surface area contributed by atoms with Gasteiger partial charge in [-0.25, -0.2) is 4.98 Å². The Morgan fingerprint density at radius 1 is 1.22 bits per heavy atom. The molecule has 2 heterocycles. The van der Waals surface area contributed by atoms with E-state index >= 15 is 0 Å². The van der Waals surface area contributed by atoms with Gasteiger partial charge in [0.25, 0.3) is 5.91 Å². The second-order valence-corrected chi connectivity index (χ2v) is 10.5. The van der Waals surface area contributed by atoms with Gasteiger partial charge in [-0.1, -0.05) is 6.07 Å². The quantitative estimate of drug-likeness (QED) is 0.441. The van der Waals surface area contributed by atoms with Gasteiger partial charge in [0.05, 0.1) is 23.6 Å². The van der Waals surface area contributed by atoms with Crippen LogP contribution in [0.2, 0.25) is 0 Å². The fourth-order valence-electron chi connectivity index (χ4n) is 4.87. The Hall–Kier alpha value is -2.54. The van der Waals surface area contributed by atoms with Crippen molar-refractivity contribution in [2.45, 2.75) is 62.6 Å². The maximum Gasteiger partial charge on any atom is 0.416 e. The van der Waals surface area contributed by atoms with Crippen LogP contribution >= 0.6 is 11.3 Å². The summed E-state index contributed by atoms with van der Waals surface area (Å²) in [5.74, 6) is -1.14. The third-order valence-corrected chi connectivity index (χ3v) is 8.03. The second kappa shape index (κ2) is 10.8. The Morgan fingerprint density at radius 2 is 1.97 bits per heavy atom. The number of hydrogen-bond acceptors (Lipinski definition) is 7. The Labute approximate surface area is 210 Å². The average Bonchev–Trinajstić information content (AvgIpc) is 3.53. The van der Waals surface area contributed by atoms with Crippen LogP contribution in [0.25, 0.3) is 0 Å². The number of aliphatic hydroxyl groups is 2. The minimum atomic E-state index is -4.55. The number of thiazole rings is 1. The van der Waals surface area contributed by atoms with E-state index in [4.69, 9.17) is 0 Å². The van der Waals surface area contributed by atoms with Crippen LogP contribution < -0.4 is 10.6 Å². The number of aliphatic hydroxyl groups excluding tert-OH is 1. The van der Waals surface area contributed by atoms with Crippen LogP contribution in [0.15, 0.2) is 30.5 Å². The van der Waals surface area contributed by atoms with Crippen LogP contribution in [0.3, 0.4) is 0 Å². The van der Waals surface area contributed by atoms with Crippen LogP contribution in [-0.2, 0) is 23.2 Å². The lowest BCUT2D eigenvalue weighted by molar-refractivity contribution is -0.137. The topological polar surface area (TPSA) is 115 Å². The number of carbonyl (C=O) groups excluding carboxylic acids is 2. The highest BCUT2D eigenvalue weighted by molar-refractivity contribution is 7.11. The van der Waals surface area contributed by atoms with Crippen molar-refractivity contribution >= 4 is 23.2 Å². The molecule has 0 bridgehead atoms. The van der Waals surface area contributed by atoms with Gasteiger partial charge < -0.3 is 20.8 Å². The number of likely N-dealkylation sites (tertiary alicyclic amines) is 1. The van der Waals surface area contributed by atoms with Crippen molar-refractivity contribution in [1.29, 1.82) is 0 Å². The number of benzene rings is 1. The third-order valence-electron chi connectivity index (χ3n) is 6.85. The SMILES string of the molecule is O=C(CNC(=O)c1cccc(C(F)(F)F)c1)N[C@@H]1CCN(C2CCC(O)(c3ncc(CO)s3)CC2)C1. The molecule has 2 amide bonds. The Balaban J connectivity index is 1.21. The molecule has 4 rings (SSSR count). The number of halogens is 3. The van der Waals surface area contributed by atoms with Crippen molar-refractivity contribution in [3.05, 3.63) is 51.5 Å². The van der Waals surface area contributed by atoms with Crippen LogP contribution in [0, 0.1) is 0 Å². The summed E-state index contributed by atoms with van der Waals surface area (Å²) in [4.78, 5) is 31.8. The molecule has 1 saturated carbocycles. The van der Waals surface area contributed by atoms with E-state index in [1.165, 1.54) is 17.4 Å². The van der Waals surface area contributed by atoms with E-state index in [9.17, 15) is 33.0 Å². The van der Waals surface area contributed by atoms with Crippen molar-refractivity contribution in [2.75, 3.05) is 19.6 Å². The van der Waals surface area contributed by atoms with Crippen molar-refractivity contribution in [2.24, 2.45) is 0 Å². The molecule has 1 aromatic carbocycles. The zero-order chi connectivity index (χ0) is 25.9. The zero-order valence-electron chi connectivity index (χ0n) is 19.6. The molecule has 0 spiro atoms.